The van der Waals surface area contributed by atoms with Crippen molar-refractivity contribution < 1.29 is 4.79 Å². The maximum absolute atomic E-state index is 12.1. The summed E-state index contributed by atoms with van der Waals surface area (Å²) in [7, 11) is 0. The van der Waals surface area contributed by atoms with Crippen LogP contribution in [0, 0.1) is 0 Å². The third-order valence-corrected chi connectivity index (χ3v) is 4.63. The molecule has 1 N–H and O–H groups in total. The van der Waals surface area contributed by atoms with Gasteiger partial charge >= 0.3 is 6.03 Å². The van der Waals surface area contributed by atoms with Crippen molar-refractivity contribution in [2.24, 2.45) is 0 Å². The standard InChI is InChI=1S/C12H14N4OS2/c17-12(16(18)15-6-5-13-8-15)14-10-2-1-3-11-9(10)4-7-19-11/h4-8,10,18H,1-3H2,(H,14,17). The molecule has 2 aromatic rings. The van der Waals surface area contributed by atoms with Crippen LogP contribution in [-0.4, -0.2) is 15.7 Å². The topological polar surface area (TPSA) is 50.2 Å². The molecule has 0 radical (unpaired) electrons. The fourth-order valence-electron chi connectivity index (χ4n) is 2.31. The fourth-order valence-corrected chi connectivity index (χ4v) is 3.46. The molecule has 1 aliphatic rings. The summed E-state index contributed by atoms with van der Waals surface area (Å²) in [6, 6.07) is 1.94. The van der Waals surface area contributed by atoms with E-state index in [1.54, 1.807) is 23.7 Å². The van der Waals surface area contributed by atoms with Gasteiger partial charge < -0.3 is 5.32 Å². The minimum atomic E-state index is -0.245. The van der Waals surface area contributed by atoms with Crippen molar-refractivity contribution in [1.29, 1.82) is 0 Å². The normalized spacial score (nSPS) is 17.8. The summed E-state index contributed by atoms with van der Waals surface area (Å²) in [4.78, 5) is 17.4. The number of fused-ring (bicyclic) bond motifs is 1. The molecule has 5 nitrogen and oxygen atoms in total. The van der Waals surface area contributed by atoms with Crippen LogP contribution in [0.2, 0.25) is 0 Å². The molecule has 1 aliphatic carbocycles. The van der Waals surface area contributed by atoms with E-state index in [1.807, 2.05) is 0 Å². The van der Waals surface area contributed by atoms with Gasteiger partial charge in [-0.15, -0.1) is 11.3 Å². The third kappa shape index (κ3) is 2.48. The number of aryl methyl sites for hydroxylation is 1. The van der Waals surface area contributed by atoms with Gasteiger partial charge in [-0.25, -0.2) is 14.5 Å². The molecule has 2 aromatic heterocycles. The minimum Gasteiger partial charge on any atom is -0.329 e. The van der Waals surface area contributed by atoms with Gasteiger partial charge in [0.05, 0.1) is 6.04 Å². The number of nitrogens with one attached hydrogen (secondary N) is 1. The summed E-state index contributed by atoms with van der Waals surface area (Å²) >= 11 is 5.95. The predicted octanol–water partition coefficient (Wildman–Crippen LogP) is 2.51. The lowest BCUT2D eigenvalue weighted by molar-refractivity contribution is 0.241. The molecule has 3 rings (SSSR count). The Hall–Kier alpha value is -1.47. The van der Waals surface area contributed by atoms with Crippen LogP contribution >= 0.6 is 24.2 Å². The number of carbonyl (C=O) groups is 1. The van der Waals surface area contributed by atoms with E-state index in [2.05, 4.69) is 34.6 Å². The minimum absolute atomic E-state index is 0.0840. The maximum Gasteiger partial charge on any atom is 0.347 e. The zero-order valence-electron chi connectivity index (χ0n) is 10.2. The third-order valence-electron chi connectivity index (χ3n) is 3.24. The average Bonchev–Trinajstić information content (AvgIpc) is 3.09. The van der Waals surface area contributed by atoms with Crippen molar-refractivity contribution in [3.05, 3.63) is 40.6 Å². The van der Waals surface area contributed by atoms with Crippen LogP contribution in [0.1, 0.15) is 29.3 Å². The summed E-state index contributed by atoms with van der Waals surface area (Å²) in [5.41, 5.74) is 1.25. The molecule has 2 amide bonds. The Bertz CT molecular complexity index is 566. The van der Waals surface area contributed by atoms with Crippen molar-refractivity contribution in [2.75, 3.05) is 4.41 Å². The zero-order chi connectivity index (χ0) is 13.2. The zero-order valence-corrected chi connectivity index (χ0v) is 11.9. The largest absolute Gasteiger partial charge is 0.347 e. The van der Waals surface area contributed by atoms with Gasteiger partial charge in [0.2, 0.25) is 0 Å². The molecule has 0 aliphatic heterocycles. The number of hydrogen-bond donors (Lipinski definition) is 2. The molecule has 7 heteroatoms. The average molecular weight is 294 g/mol. The molecule has 0 aromatic carbocycles. The van der Waals surface area contributed by atoms with Crippen LogP contribution in [0.4, 0.5) is 4.79 Å². The molecule has 0 bridgehead atoms. The number of carbonyl (C=O) groups excluding carboxylic acids is 1. The summed E-state index contributed by atoms with van der Waals surface area (Å²) in [5, 5.41) is 5.10. The molecule has 0 fully saturated rings. The number of nitrogens with zero attached hydrogens (tertiary/aromatic N) is 3. The summed E-state index contributed by atoms with van der Waals surface area (Å²) in [6.07, 6.45) is 8.00. The Morgan fingerprint density at radius 3 is 3.32 bits per heavy atom. The monoisotopic (exact) mass is 294 g/mol. The molecule has 1 atom stereocenters. The van der Waals surface area contributed by atoms with E-state index in [0.717, 1.165) is 19.3 Å². The number of amides is 2. The fraction of sp³-hybridized carbons (Fsp3) is 0.333. The van der Waals surface area contributed by atoms with Crippen LogP contribution in [0.25, 0.3) is 0 Å². The molecule has 19 heavy (non-hydrogen) atoms. The van der Waals surface area contributed by atoms with E-state index in [4.69, 9.17) is 0 Å². The first-order chi connectivity index (χ1) is 9.25. The van der Waals surface area contributed by atoms with E-state index in [9.17, 15) is 4.79 Å². The Morgan fingerprint density at radius 1 is 1.63 bits per heavy atom. The van der Waals surface area contributed by atoms with Gasteiger partial charge in [0, 0.05) is 17.3 Å². The highest BCUT2D eigenvalue weighted by atomic mass is 32.1. The Balaban J connectivity index is 1.71. The van der Waals surface area contributed by atoms with Crippen molar-refractivity contribution in [2.45, 2.75) is 25.3 Å². The van der Waals surface area contributed by atoms with Gasteiger partial charge in [0.15, 0.2) is 0 Å². The van der Waals surface area contributed by atoms with Crippen molar-refractivity contribution in [1.82, 2.24) is 15.0 Å². The molecule has 0 spiro atoms. The SMILES string of the molecule is O=C(NC1CCCc2sccc21)N(S)n1ccnc1. The second kappa shape index (κ2) is 5.26. The quantitative estimate of drug-likeness (QED) is 0.836. The number of imidazole rings is 1. The first kappa shape index (κ1) is 12.6. The van der Waals surface area contributed by atoms with Gasteiger partial charge in [0.1, 0.15) is 6.33 Å². The molecular formula is C12H14N4OS2. The lowest BCUT2D eigenvalue weighted by Crippen LogP contribution is -2.42. The highest BCUT2D eigenvalue weighted by Gasteiger charge is 2.24. The first-order valence-corrected chi connectivity index (χ1v) is 7.37. The second-order valence-corrected chi connectivity index (χ2v) is 5.81. The maximum atomic E-state index is 12.1. The first-order valence-electron chi connectivity index (χ1n) is 6.09. The van der Waals surface area contributed by atoms with Crippen molar-refractivity contribution >= 4 is 30.2 Å². The molecule has 0 saturated carbocycles. The Kier molecular flexibility index (Phi) is 3.48. The van der Waals surface area contributed by atoms with Crippen LogP contribution in [-0.2, 0) is 6.42 Å². The van der Waals surface area contributed by atoms with Gasteiger partial charge in [-0.1, -0.05) is 0 Å². The van der Waals surface area contributed by atoms with Gasteiger partial charge in [0.25, 0.3) is 0 Å². The number of aromatic nitrogens is 2. The van der Waals surface area contributed by atoms with Crippen LogP contribution in [0.15, 0.2) is 30.2 Å². The van der Waals surface area contributed by atoms with E-state index in [-0.39, 0.29) is 12.1 Å². The molecule has 1 unspecified atom stereocenters. The molecular weight excluding hydrogens is 280 g/mol. The smallest absolute Gasteiger partial charge is 0.329 e. The summed E-state index contributed by atoms with van der Waals surface area (Å²) < 4.78 is 2.74. The lowest BCUT2D eigenvalue weighted by atomic mass is 9.94. The number of hydrogen-bond acceptors (Lipinski definition) is 4. The molecule has 0 saturated heterocycles. The predicted molar refractivity (Wildman–Crippen MR) is 78.0 cm³/mol. The lowest BCUT2D eigenvalue weighted by Gasteiger charge is -2.26. The number of thiophene rings is 1. The van der Waals surface area contributed by atoms with Gasteiger partial charge in [-0.3, -0.25) is 0 Å². The number of urea groups is 1. The molecule has 100 valence electrons. The van der Waals surface area contributed by atoms with Crippen LogP contribution < -0.4 is 9.73 Å². The van der Waals surface area contributed by atoms with Crippen molar-refractivity contribution in [3.63, 3.8) is 0 Å². The van der Waals surface area contributed by atoms with E-state index in [1.165, 1.54) is 25.9 Å². The van der Waals surface area contributed by atoms with Gasteiger partial charge in [-0.2, -0.15) is 4.41 Å². The Labute approximate surface area is 120 Å². The van der Waals surface area contributed by atoms with Crippen molar-refractivity contribution in [3.8, 4) is 0 Å². The second-order valence-electron chi connectivity index (χ2n) is 4.43. The van der Waals surface area contributed by atoms with Crippen LogP contribution in [0.3, 0.4) is 0 Å². The number of rotatable bonds is 2. The Morgan fingerprint density at radius 2 is 2.53 bits per heavy atom. The highest BCUT2D eigenvalue weighted by Crippen LogP contribution is 2.33. The molecule has 2 heterocycles. The summed E-state index contributed by atoms with van der Waals surface area (Å²) in [6.45, 7) is 0. The van der Waals surface area contributed by atoms with Gasteiger partial charge in [-0.05, 0) is 49.1 Å². The van der Waals surface area contributed by atoms with Crippen LogP contribution in [0.5, 0.6) is 0 Å². The summed E-state index contributed by atoms with van der Waals surface area (Å²) in [5.74, 6) is 0. The highest BCUT2D eigenvalue weighted by molar-refractivity contribution is 7.82. The number of thiol groups is 1. The van der Waals surface area contributed by atoms with E-state index >= 15 is 0 Å². The van der Waals surface area contributed by atoms with E-state index in [0.29, 0.717) is 0 Å². The van der Waals surface area contributed by atoms with E-state index < -0.39 is 0 Å².